The minimum Gasteiger partial charge on any atom is -0.303 e. The van der Waals surface area contributed by atoms with E-state index in [9.17, 15) is 0 Å². The molecule has 0 unspecified atom stereocenters. The molecule has 43 heavy (non-hydrogen) atoms. The lowest BCUT2D eigenvalue weighted by atomic mass is 10.0. The van der Waals surface area contributed by atoms with E-state index in [0.29, 0.717) is 0 Å². The normalized spacial score (nSPS) is 11.7. The third kappa shape index (κ3) is 38.1. The highest BCUT2D eigenvalue weighted by atomic mass is 15.1. The van der Waals surface area contributed by atoms with Gasteiger partial charge in [-0.1, -0.05) is 233 Å². The van der Waals surface area contributed by atoms with Gasteiger partial charge in [0.25, 0.3) is 0 Å². The number of nitrogens with zero attached hydrogens (tertiary/aromatic N) is 1. The number of hydrogen-bond acceptors (Lipinski definition) is 1. The molecule has 0 aromatic rings. The Bertz CT molecular complexity index is 430. The zero-order valence-electron chi connectivity index (χ0n) is 31.0. The first-order chi connectivity index (χ1) is 21.3. The molecule has 0 aliphatic rings. The highest BCUT2D eigenvalue weighted by Gasteiger charge is 2.05. The van der Waals surface area contributed by atoms with Crippen LogP contribution in [-0.2, 0) is 0 Å². The highest BCUT2D eigenvalue weighted by molar-refractivity contribution is 4.61. The van der Waals surface area contributed by atoms with Gasteiger partial charge in [0, 0.05) is 0 Å². The molecule has 0 spiro atoms. The summed E-state index contributed by atoms with van der Waals surface area (Å²) in [6, 6.07) is 0. The zero-order valence-corrected chi connectivity index (χ0v) is 31.0. The smallest absolute Gasteiger partial charge is 0.00187 e. The Kier molecular flexibility index (Phi) is 39.9. The van der Waals surface area contributed by atoms with Crippen LogP contribution in [0.2, 0.25) is 0 Å². The minimum absolute atomic E-state index is 1.37. The summed E-state index contributed by atoms with van der Waals surface area (Å²) >= 11 is 0. The first kappa shape index (κ1) is 43.0. The first-order valence-electron chi connectivity index (χ1n) is 21.1. The summed E-state index contributed by atoms with van der Waals surface area (Å²) in [5, 5.41) is 0. The van der Waals surface area contributed by atoms with Crippen molar-refractivity contribution >= 4 is 0 Å². The zero-order chi connectivity index (χ0) is 31.2. The van der Waals surface area contributed by atoms with Crippen molar-refractivity contribution in [3.8, 4) is 0 Å². The van der Waals surface area contributed by atoms with Crippen LogP contribution in [0.25, 0.3) is 0 Å². The number of hydrogen-bond donors (Lipinski definition) is 0. The van der Waals surface area contributed by atoms with Gasteiger partial charge in [-0.3, -0.25) is 0 Å². The Morgan fingerprint density at radius 2 is 0.326 bits per heavy atom. The molecular formula is C42H87N. The second kappa shape index (κ2) is 40.0. The van der Waals surface area contributed by atoms with Crippen molar-refractivity contribution in [2.75, 3.05) is 19.6 Å². The van der Waals surface area contributed by atoms with E-state index in [2.05, 4.69) is 25.7 Å². The third-order valence-corrected chi connectivity index (χ3v) is 9.98. The van der Waals surface area contributed by atoms with Crippen molar-refractivity contribution in [3.05, 3.63) is 0 Å². The fraction of sp³-hybridized carbons (Fsp3) is 1.00. The monoisotopic (exact) mass is 606 g/mol. The predicted molar refractivity (Wildman–Crippen MR) is 200 cm³/mol. The highest BCUT2D eigenvalue weighted by Crippen LogP contribution is 2.16. The van der Waals surface area contributed by atoms with Gasteiger partial charge in [0.05, 0.1) is 0 Å². The molecule has 1 nitrogen and oxygen atoms in total. The maximum Gasteiger partial charge on any atom is -0.00187 e. The van der Waals surface area contributed by atoms with Crippen LogP contribution in [0.4, 0.5) is 0 Å². The Morgan fingerprint density at radius 1 is 0.186 bits per heavy atom. The molecule has 0 rings (SSSR count). The summed E-state index contributed by atoms with van der Waals surface area (Å²) in [4.78, 5) is 2.86. The van der Waals surface area contributed by atoms with Gasteiger partial charge in [-0.2, -0.15) is 0 Å². The van der Waals surface area contributed by atoms with E-state index >= 15 is 0 Å². The summed E-state index contributed by atoms with van der Waals surface area (Å²) < 4.78 is 0. The van der Waals surface area contributed by atoms with Crippen LogP contribution in [0.15, 0.2) is 0 Å². The first-order valence-corrected chi connectivity index (χ1v) is 21.1. The molecule has 260 valence electrons. The minimum atomic E-state index is 1.37. The summed E-state index contributed by atoms with van der Waals surface area (Å²) in [5.74, 6) is 0. The fourth-order valence-electron chi connectivity index (χ4n) is 6.86. The van der Waals surface area contributed by atoms with Crippen molar-refractivity contribution in [2.45, 2.75) is 252 Å². The van der Waals surface area contributed by atoms with Crippen molar-refractivity contribution in [1.29, 1.82) is 0 Å². The van der Waals surface area contributed by atoms with Gasteiger partial charge >= 0.3 is 0 Å². The van der Waals surface area contributed by atoms with Gasteiger partial charge in [-0.05, 0) is 38.9 Å². The molecule has 0 saturated heterocycles. The van der Waals surface area contributed by atoms with E-state index in [1.807, 2.05) is 0 Å². The van der Waals surface area contributed by atoms with Crippen molar-refractivity contribution < 1.29 is 0 Å². The van der Waals surface area contributed by atoms with Crippen LogP contribution in [0, 0.1) is 0 Å². The van der Waals surface area contributed by atoms with E-state index in [1.165, 1.54) is 251 Å². The Morgan fingerprint density at radius 3 is 0.488 bits per heavy atom. The summed E-state index contributed by atoms with van der Waals surface area (Å²) in [6.07, 6.45) is 52.6. The molecule has 0 aliphatic heterocycles. The lowest BCUT2D eigenvalue weighted by molar-refractivity contribution is 0.254. The van der Waals surface area contributed by atoms with Crippen molar-refractivity contribution in [3.63, 3.8) is 0 Å². The molecule has 1 heteroatoms. The van der Waals surface area contributed by atoms with E-state index in [0.717, 1.165) is 0 Å². The maximum absolute atomic E-state index is 2.86. The third-order valence-electron chi connectivity index (χ3n) is 9.98. The molecule has 0 saturated carbocycles. The predicted octanol–water partition coefficient (Wildman–Crippen LogP) is 15.4. The molecule has 0 aliphatic carbocycles. The Balaban J connectivity index is 3.88. The van der Waals surface area contributed by atoms with Gasteiger partial charge in [-0.15, -0.1) is 0 Å². The summed E-state index contributed by atoms with van der Waals surface area (Å²) in [6.45, 7) is 11.1. The van der Waals surface area contributed by atoms with Crippen LogP contribution in [-0.4, -0.2) is 24.5 Å². The van der Waals surface area contributed by atoms with Crippen LogP contribution in [0.3, 0.4) is 0 Å². The standard InChI is InChI=1S/C42H87N/c1-4-7-10-13-16-19-22-24-26-29-32-35-38-41-43(40-37-34-31-28-21-18-15-12-9-6-3)42-39-36-33-30-27-25-23-20-17-14-11-8-5-2/h4-42H2,1-3H3. The van der Waals surface area contributed by atoms with Crippen LogP contribution >= 0.6 is 0 Å². The quantitative estimate of drug-likeness (QED) is 0.0630. The van der Waals surface area contributed by atoms with Gasteiger partial charge < -0.3 is 4.90 Å². The van der Waals surface area contributed by atoms with Gasteiger partial charge in [0.1, 0.15) is 0 Å². The SMILES string of the molecule is CCCCCCCCCCCCCCCN(CCCCCCCCCCCC)CCCCCCCCCCCCCCC. The van der Waals surface area contributed by atoms with Crippen LogP contribution in [0.5, 0.6) is 0 Å². The van der Waals surface area contributed by atoms with Crippen molar-refractivity contribution in [2.24, 2.45) is 0 Å². The van der Waals surface area contributed by atoms with E-state index in [4.69, 9.17) is 0 Å². The van der Waals surface area contributed by atoms with Crippen molar-refractivity contribution in [1.82, 2.24) is 4.90 Å². The lowest BCUT2D eigenvalue weighted by Crippen LogP contribution is -2.27. The number of rotatable bonds is 39. The van der Waals surface area contributed by atoms with Crippen LogP contribution in [0.1, 0.15) is 252 Å². The van der Waals surface area contributed by atoms with E-state index in [1.54, 1.807) is 0 Å². The molecule has 0 radical (unpaired) electrons. The van der Waals surface area contributed by atoms with E-state index < -0.39 is 0 Å². The second-order valence-corrected chi connectivity index (χ2v) is 14.5. The summed E-state index contributed by atoms with van der Waals surface area (Å²) in [5.41, 5.74) is 0. The van der Waals surface area contributed by atoms with Gasteiger partial charge in [-0.25, -0.2) is 0 Å². The van der Waals surface area contributed by atoms with Crippen LogP contribution < -0.4 is 0 Å². The average molecular weight is 606 g/mol. The Hall–Kier alpha value is -0.0400. The molecule has 0 N–H and O–H groups in total. The topological polar surface area (TPSA) is 3.24 Å². The van der Waals surface area contributed by atoms with Gasteiger partial charge in [0.2, 0.25) is 0 Å². The van der Waals surface area contributed by atoms with Gasteiger partial charge in [0.15, 0.2) is 0 Å². The molecule has 0 fully saturated rings. The molecule has 0 bridgehead atoms. The Labute approximate surface area is 275 Å². The molecule has 0 aromatic heterocycles. The largest absolute Gasteiger partial charge is 0.303 e. The summed E-state index contributed by atoms with van der Waals surface area (Å²) in [7, 11) is 0. The molecule has 0 aromatic carbocycles. The molecular weight excluding hydrogens is 518 g/mol. The number of unbranched alkanes of at least 4 members (excludes halogenated alkanes) is 33. The maximum atomic E-state index is 2.86. The lowest BCUT2D eigenvalue weighted by Gasteiger charge is -2.22. The molecule has 0 heterocycles. The average Bonchev–Trinajstić information content (AvgIpc) is 3.02. The molecule has 0 atom stereocenters. The fourth-order valence-corrected chi connectivity index (χ4v) is 6.86. The second-order valence-electron chi connectivity index (χ2n) is 14.5. The van der Waals surface area contributed by atoms with E-state index in [-0.39, 0.29) is 0 Å². The molecule has 0 amide bonds.